The minimum absolute atomic E-state index is 0.0757. The molecule has 0 atom stereocenters. The van der Waals surface area contributed by atoms with Crippen LogP contribution < -0.4 is 0 Å². The molecule has 8 heteroatoms. The zero-order chi connectivity index (χ0) is 25.0. The van der Waals surface area contributed by atoms with Crippen LogP contribution in [0, 0.1) is 0 Å². The summed E-state index contributed by atoms with van der Waals surface area (Å²) < 4.78 is 0. The van der Waals surface area contributed by atoms with Crippen LogP contribution >= 0.6 is 0 Å². The number of carbonyl (C=O) groups excluding carboxylic acids is 2. The first kappa shape index (κ1) is 21.8. The average Bonchev–Trinajstić information content (AvgIpc) is 2.80. The van der Waals surface area contributed by atoms with Gasteiger partial charge in [0.15, 0.2) is 11.6 Å². The number of hydrogen-bond donors (Lipinski definition) is 6. The van der Waals surface area contributed by atoms with Gasteiger partial charge in [-0.3, -0.25) is 9.59 Å². The van der Waals surface area contributed by atoms with Crippen molar-refractivity contribution in [1.82, 2.24) is 0 Å². The second kappa shape index (κ2) is 7.81. The molecular weight excluding hydrogens is 452 g/mol. The molecule has 4 aromatic carbocycles. The van der Waals surface area contributed by atoms with Crippen LogP contribution in [0.5, 0.6) is 34.5 Å². The maximum absolute atomic E-state index is 13.2. The van der Waals surface area contributed by atoms with Crippen LogP contribution in [0.2, 0.25) is 0 Å². The van der Waals surface area contributed by atoms with Gasteiger partial charge in [0.05, 0.1) is 0 Å². The second-order valence-electron chi connectivity index (χ2n) is 8.24. The lowest BCUT2D eigenvalue weighted by Gasteiger charge is -2.25. The molecule has 0 saturated carbocycles. The maximum atomic E-state index is 13.2. The fraction of sp³-hybridized carbons (Fsp3) is 0.0370. The highest BCUT2D eigenvalue weighted by molar-refractivity contribution is 6.28. The summed E-state index contributed by atoms with van der Waals surface area (Å²) in [7, 11) is 0. The van der Waals surface area contributed by atoms with Gasteiger partial charge in [-0.25, -0.2) is 0 Å². The Hall–Kier alpha value is -4.98. The van der Waals surface area contributed by atoms with E-state index in [1.54, 1.807) is 18.2 Å². The monoisotopic (exact) mass is 470 g/mol. The molecule has 0 aromatic heterocycles. The number of rotatable bonds is 3. The van der Waals surface area contributed by atoms with Gasteiger partial charge >= 0.3 is 0 Å². The van der Waals surface area contributed by atoms with Gasteiger partial charge in [-0.05, 0) is 17.7 Å². The van der Waals surface area contributed by atoms with Crippen molar-refractivity contribution in [3.05, 3.63) is 106 Å². The van der Waals surface area contributed by atoms with Gasteiger partial charge in [-0.2, -0.15) is 0 Å². The molecule has 5 rings (SSSR count). The smallest absolute Gasteiger partial charge is 0.194 e. The molecule has 4 aromatic rings. The third-order valence-corrected chi connectivity index (χ3v) is 6.10. The molecule has 35 heavy (non-hydrogen) atoms. The van der Waals surface area contributed by atoms with Crippen LogP contribution in [0.1, 0.15) is 54.5 Å². The van der Waals surface area contributed by atoms with Gasteiger partial charge in [0.2, 0.25) is 0 Å². The Balaban J connectivity index is 1.79. The van der Waals surface area contributed by atoms with Crippen LogP contribution in [-0.2, 0) is 0 Å². The van der Waals surface area contributed by atoms with Gasteiger partial charge in [0.25, 0.3) is 0 Å². The van der Waals surface area contributed by atoms with E-state index in [1.807, 2.05) is 0 Å². The quantitative estimate of drug-likeness (QED) is 0.217. The predicted octanol–water partition coefficient (Wildman–Crippen LogP) is 3.88. The largest absolute Gasteiger partial charge is 0.508 e. The third kappa shape index (κ3) is 3.39. The number of ketones is 2. The number of benzene rings is 4. The first-order chi connectivity index (χ1) is 16.7. The minimum atomic E-state index is -1.26. The highest BCUT2D eigenvalue weighted by Gasteiger charge is 2.33. The Morgan fingerprint density at radius 2 is 0.886 bits per heavy atom. The molecule has 0 heterocycles. The van der Waals surface area contributed by atoms with Gasteiger partial charge in [-0.1, -0.05) is 30.3 Å². The van der Waals surface area contributed by atoms with Gasteiger partial charge in [-0.15, -0.1) is 0 Å². The summed E-state index contributed by atoms with van der Waals surface area (Å²) in [4.78, 5) is 26.2. The normalized spacial score (nSPS) is 12.5. The van der Waals surface area contributed by atoms with E-state index in [2.05, 4.69) is 0 Å². The molecular formula is C27H18O8. The van der Waals surface area contributed by atoms with Gasteiger partial charge in [0, 0.05) is 63.6 Å². The van der Waals surface area contributed by atoms with Crippen molar-refractivity contribution in [3.8, 4) is 34.5 Å². The Labute approximate surface area is 198 Å². The Morgan fingerprint density at radius 1 is 0.486 bits per heavy atom. The minimum Gasteiger partial charge on any atom is -0.508 e. The molecule has 0 amide bonds. The van der Waals surface area contributed by atoms with Crippen molar-refractivity contribution in [2.24, 2.45) is 0 Å². The number of hydrogen-bond acceptors (Lipinski definition) is 8. The molecule has 1 aliphatic rings. The first-order valence-electron chi connectivity index (χ1n) is 10.5. The second-order valence-corrected chi connectivity index (χ2v) is 8.24. The van der Waals surface area contributed by atoms with E-state index in [0.717, 1.165) is 24.3 Å². The standard InChI is InChI=1S/C27H18O8/c28-13-8-19(30)24(20(31)9-13)23(25-21(32)10-14(29)11-22(25)33)12-5-6-17-18(7-12)27(35)16-4-2-1-3-15(16)26(17)34/h1-11,23,28-33H. The van der Waals surface area contributed by atoms with E-state index in [4.69, 9.17) is 0 Å². The van der Waals surface area contributed by atoms with Crippen LogP contribution in [-0.4, -0.2) is 42.2 Å². The number of phenols is 6. The molecule has 0 fully saturated rings. The number of aromatic hydroxyl groups is 6. The van der Waals surface area contributed by atoms with Crippen molar-refractivity contribution in [2.75, 3.05) is 0 Å². The van der Waals surface area contributed by atoms with E-state index >= 15 is 0 Å². The van der Waals surface area contributed by atoms with Crippen LogP contribution in [0.3, 0.4) is 0 Å². The SMILES string of the molecule is O=C1c2ccccc2C(=O)c2cc(C(c3c(O)cc(O)cc3O)c3c(O)cc(O)cc3O)ccc21. The summed E-state index contributed by atoms with van der Waals surface area (Å²) in [5, 5.41) is 62.0. The van der Waals surface area contributed by atoms with Crippen molar-refractivity contribution < 1.29 is 40.2 Å². The van der Waals surface area contributed by atoms with Crippen molar-refractivity contribution >= 4 is 11.6 Å². The summed E-state index contributed by atoms with van der Waals surface area (Å²) in [6.45, 7) is 0. The molecule has 6 N–H and O–H groups in total. The lowest BCUT2D eigenvalue weighted by atomic mass is 9.78. The fourth-order valence-electron chi connectivity index (χ4n) is 4.58. The summed E-state index contributed by atoms with van der Waals surface area (Å²) in [5.41, 5.74) is 0.599. The highest BCUT2D eigenvalue weighted by atomic mass is 16.3. The molecule has 174 valence electrons. The Bertz CT molecular complexity index is 1450. The summed E-state index contributed by atoms with van der Waals surface area (Å²) in [6, 6.07) is 14.6. The summed E-state index contributed by atoms with van der Waals surface area (Å²) >= 11 is 0. The lowest BCUT2D eigenvalue weighted by Crippen LogP contribution is -2.21. The van der Waals surface area contributed by atoms with Gasteiger partial charge in [0.1, 0.15) is 34.5 Å². The molecule has 0 saturated heterocycles. The van der Waals surface area contributed by atoms with Crippen LogP contribution in [0.15, 0.2) is 66.7 Å². The summed E-state index contributed by atoms with van der Waals surface area (Å²) in [6.07, 6.45) is 0. The molecule has 0 radical (unpaired) electrons. The Kier molecular flexibility index (Phi) is 4.87. The maximum Gasteiger partial charge on any atom is 0.194 e. The van der Waals surface area contributed by atoms with Crippen LogP contribution in [0.25, 0.3) is 0 Å². The van der Waals surface area contributed by atoms with Crippen LogP contribution in [0.4, 0.5) is 0 Å². The molecule has 0 unspecified atom stereocenters. The fourth-order valence-corrected chi connectivity index (χ4v) is 4.58. The first-order valence-corrected chi connectivity index (χ1v) is 10.5. The average molecular weight is 470 g/mol. The van der Waals surface area contributed by atoms with Crippen molar-refractivity contribution in [3.63, 3.8) is 0 Å². The molecule has 0 bridgehead atoms. The van der Waals surface area contributed by atoms with E-state index in [0.29, 0.717) is 0 Å². The zero-order valence-corrected chi connectivity index (χ0v) is 17.9. The molecule has 8 nitrogen and oxygen atoms in total. The number of carbonyl (C=O) groups is 2. The molecule has 0 aliphatic heterocycles. The lowest BCUT2D eigenvalue weighted by molar-refractivity contribution is 0.0979. The number of fused-ring (bicyclic) bond motifs is 2. The summed E-state index contributed by atoms with van der Waals surface area (Å²) in [5.74, 6) is -5.07. The molecule has 0 spiro atoms. The van der Waals surface area contributed by atoms with E-state index < -0.39 is 46.2 Å². The zero-order valence-electron chi connectivity index (χ0n) is 17.9. The predicted molar refractivity (Wildman–Crippen MR) is 124 cm³/mol. The third-order valence-electron chi connectivity index (χ3n) is 6.10. The van der Waals surface area contributed by atoms with E-state index in [1.165, 1.54) is 24.3 Å². The highest BCUT2D eigenvalue weighted by Crippen LogP contribution is 2.50. The molecule has 1 aliphatic carbocycles. The topological polar surface area (TPSA) is 156 Å². The van der Waals surface area contributed by atoms with E-state index in [-0.39, 0.29) is 44.7 Å². The van der Waals surface area contributed by atoms with Crippen molar-refractivity contribution in [1.29, 1.82) is 0 Å². The van der Waals surface area contributed by atoms with Gasteiger partial charge < -0.3 is 30.6 Å². The number of phenolic OH excluding ortho intramolecular Hbond substituents is 6. The van der Waals surface area contributed by atoms with Crippen molar-refractivity contribution in [2.45, 2.75) is 5.92 Å². The van der Waals surface area contributed by atoms with E-state index in [9.17, 15) is 40.2 Å². The Morgan fingerprint density at radius 3 is 1.34 bits per heavy atom.